The van der Waals surface area contributed by atoms with Gasteiger partial charge in [0.1, 0.15) is 0 Å². The van der Waals surface area contributed by atoms with E-state index in [1.54, 1.807) is 4.31 Å². The normalized spacial score (nSPS) is 33.4. The summed E-state index contributed by atoms with van der Waals surface area (Å²) < 4.78 is 25.7. The van der Waals surface area contributed by atoms with Gasteiger partial charge in [-0.05, 0) is 51.6 Å². The van der Waals surface area contributed by atoms with E-state index in [4.69, 9.17) is 0 Å². The first-order valence-electron chi connectivity index (χ1n) is 6.31. The van der Waals surface area contributed by atoms with Crippen molar-refractivity contribution < 1.29 is 8.42 Å². The van der Waals surface area contributed by atoms with Crippen molar-refractivity contribution in [2.24, 2.45) is 5.92 Å². The summed E-state index contributed by atoms with van der Waals surface area (Å²) in [6.07, 6.45) is 4.17. The fourth-order valence-corrected chi connectivity index (χ4v) is 4.68. The molecule has 2 aliphatic rings. The summed E-state index contributed by atoms with van der Waals surface area (Å²) >= 11 is 0. The van der Waals surface area contributed by atoms with E-state index >= 15 is 0 Å². The monoisotopic (exact) mass is 246 g/mol. The van der Waals surface area contributed by atoms with Gasteiger partial charge in [-0.15, -0.1) is 0 Å². The van der Waals surface area contributed by atoms with Crippen LogP contribution in [0, 0.1) is 5.92 Å². The van der Waals surface area contributed by atoms with Crippen molar-refractivity contribution in [2.75, 3.05) is 25.4 Å². The number of hydrogen-bond donors (Lipinski definition) is 1. The molecule has 0 bridgehead atoms. The molecule has 2 saturated heterocycles. The molecule has 0 aromatic heterocycles. The maximum Gasteiger partial charge on any atom is 0.214 e. The van der Waals surface area contributed by atoms with E-state index in [0.29, 0.717) is 11.7 Å². The molecule has 0 aromatic rings. The summed E-state index contributed by atoms with van der Waals surface area (Å²) in [4.78, 5) is 0. The van der Waals surface area contributed by atoms with Crippen LogP contribution in [0.2, 0.25) is 0 Å². The zero-order chi connectivity index (χ0) is 11.6. The molecule has 2 atom stereocenters. The van der Waals surface area contributed by atoms with Gasteiger partial charge in [-0.1, -0.05) is 0 Å². The molecule has 0 radical (unpaired) electrons. The Morgan fingerprint density at radius 1 is 1.31 bits per heavy atom. The van der Waals surface area contributed by atoms with Crippen LogP contribution < -0.4 is 5.32 Å². The predicted molar refractivity (Wildman–Crippen MR) is 64.8 cm³/mol. The minimum absolute atomic E-state index is 0.165. The molecule has 0 amide bonds. The van der Waals surface area contributed by atoms with Crippen molar-refractivity contribution in [3.63, 3.8) is 0 Å². The molecule has 94 valence electrons. The molecule has 2 aliphatic heterocycles. The number of nitrogens with zero attached hydrogens (tertiary/aromatic N) is 1. The standard InChI is InChI=1S/C11H22N2O2S/c1-10(11-5-4-6-12-9-11)13-7-2-3-8-16(13,14)15/h10-12H,2-9H2,1H3. The molecule has 0 saturated carbocycles. The first-order valence-corrected chi connectivity index (χ1v) is 7.92. The quantitative estimate of drug-likeness (QED) is 0.784. The first kappa shape index (κ1) is 12.3. The molecule has 2 heterocycles. The van der Waals surface area contributed by atoms with Crippen molar-refractivity contribution >= 4 is 10.0 Å². The van der Waals surface area contributed by atoms with Gasteiger partial charge in [-0.25, -0.2) is 8.42 Å². The maximum absolute atomic E-state index is 12.0. The van der Waals surface area contributed by atoms with E-state index in [1.807, 2.05) is 0 Å². The van der Waals surface area contributed by atoms with E-state index in [-0.39, 0.29) is 6.04 Å². The summed E-state index contributed by atoms with van der Waals surface area (Å²) in [7, 11) is -2.97. The molecular formula is C11H22N2O2S. The largest absolute Gasteiger partial charge is 0.316 e. The highest BCUT2D eigenvalue weighted by Gasteiger charge is 2.34. The fraction of sp³-hybridized carbons (Fsp3) is 1.00. The molecule has 0 spiro atoms. The molecule has 1 N–H and O–H groups in total. The van der Waals surface area contributed by atoms with Crippen molar-refractivity contribution in [2.45, 2.75) is 38.6 Å². The molecule has 0 aromatic carbocycles. The Morgan fingerprint density at radius 3 is 2.75 bits per heavy atom. The van der Waals surface area contributed by atoms with Crippen LogP contribution in [-0.2, 0) is 10.0 Å². The van der Waals surface area contributed by atoms with E-state index in [0.717, 1.165) is 38.9 Å². The second kappa shape index (κ2) is 5.02. The Bertz CT molecular complexity index is 323. The Balaban J connectivity index is 2.04. The molecular weight excluding hydrogens is 224 g/mol. The second-order valence-electron chi connectivity index (χ2n) is 4.98. The fourth-order valence-electron chi connectivity index (χ4n) is 2.79. The van der Waals surface area contributed by atoms with Gasteiger partial charge in [-0.3, -0.25) is 0 Å². The Morgan fingerprint density at radius 2 is 2.12 bits per heavy atom. The third-order valence-corrected chi connectivity index (χ3v) is 5.89. The highest BCUT2D eigenvalue weighted by molar-refractivity contribution is 7.89. The lowest BCUT2D eigenvalue weighted by molar-refractivity contribution is 0.209. The van der Waals surface area contributed by atoms with Gasteiger partial charge < -0.3 is 5.32 Å². The highest BCUT2D eigenvalue weighted by Crippen LogP contribution is 2.24. The van der Waals surface area contributed by atoms with E-state index in [1.165, 1.54) is 6.42 Å². The minimum Gasteiger partial charge on any atom is -0.316 e. The molecule has 2 fully saturated rings. The summed E-state index contributed by atoms with van der Waals surface area (Å²) in [5.41, 5.74) is 0. The van der Waals surface area contributed by atoms with Crippen LogP contribution in [0.5, 0.6) is 0 Å². The maximum atomic E-state index is 12.0. The average Bonchev–Trinajstić information content (AvgIpc) is 2.29. The van der Waals surface area contributed by atoms with Gasteiger partial charge in [0.05, 0.1) is 5.75 Å². The number of hydrogen-bond acceptors (Lipinski definition) is 3. The Hall–Kier alpha value is -0.130. The zero-order valence-corrected chi connectivity index (χ0v) is 10.8. The van der Waals surface area contributed by atoms with Crippen molar-refractivity contribution in [3.8, 4) is 0 Å². The van der Waals surface area contributed by atoms with Crippen molar-refractivity contribution in [1.29, 1.82) is 0 Å². The minimum atomic E-state index is -2.97. The van der Waals surface area contributed by atoms with E-state index in [2.05, 4.69) is 12.2 Å². The van der Waals surface area contributed by atoms with E-state index < -0.39 is 10.0 Å². The van der Waals surface area contributed by atoms with Gasteiger partial charge in [0.25, 0.3) is 0 Å². The number of nitrogens with one attached hydrogen (secondary N) is 1. The predicted octanol–water partition coefficient (Wildman–Crippen LogP) is 0.800. The molecule has 16 heavy (non-hydrogen) atoms. The molecule has 4 nitrogen and oxygen atoms in total. The van der Waals surface area contributed by atoms with Gasteiger partial charge >= 0.3 is 0 Å². The van der Waals surface area contributed by atoms with Crippen LogP contribution in [0.4, 0.5) is 0 Å². The lowest BCUT2D eigenvalue weighted by atomic mass is 9.93. The van der Waals surface area contributed by atoms with Crippen LogP contribution in [0.1, 0.15) is 32.6 Å². The van der Waals surface area contributed by atoms with Crippen LogP contribution in [0.25, 0.3) is 0 Å². The van der Waals surface area contributed by atoms with Gasteiger partial charge in [-0.2, -0.15) is 4.31 Å². The SMILES string of the molecule is CC(C1CCCNC1)N1CCCCS1(=O)=O. The first-order chi connectivity index (χ1) is 7.61. The van der Waals surface area contributed by atoms with Crippen LogP contribution in [0.3, 0.4) is 0 Å². The third kappa shape index (κ3) is 2.57. The summed E-state index contributed by atoms with van der Waals surface area (Å²) in [5, 5.41) is 3.36. The van der Waals surface area contributed by atoms with Crippen LogP contribution >= 0.6 is 0 Å². The molecule has 2 unspecified atom stereocenters. The van der Waals surface area contributed by atoms with Crippen molar-refractivity contribution in [3.05, 3.63) is 0 Å². The lowest BCUT2D eigenvalue weighted by Gasteiger charge is -2.37. The molecule has 0 aliphatic carbocycles. The molecule has 2 rings (SSSR count). The van der Waals surface area contributed by atoms with Crippen molar-refractivity contribution in [1.82, 2.24) is 9.62 Å². The molecule has 5 heteroatoms. The van der Waals surface area contributed by atoms with Gasteiger partial charge in [0.15, 0.2) is 0 Å². The van der Waals surface area contributed by atoms with Gasteiger partial charge in [0, 0.05) is 12.6 Å². The smallest absolute Gasteiger partial charge is 0.214 e. The highest BCUT2D eigenvalue weighted by atomic mass is 32.2. The number of sulfonamides is 1. The Kier molecular flexibility index (Phi) is 3.87. The van der Waals surface area contributed by atoms with Crippen LogP contribution in [-0.4, -0.2) is 44.2 Å². The topological polar surface area (TPSA) is 49.4 Å². The summed E-state index contributed by atoms with van der Waals surface area (Å²) in [5.74, 6) is 0.832. The van der Waals surface area contributed by atoms with Gasteiger partial charge in [0.2, 0.25) is 10.0 Å². The average molecular weight is 246 g/mol. The third-order valence-electron chi connectivity index (χ3n) is 3.86. The number of rotatable bonds is 2. The number of piperidine rings is 1. The summed E-state index contributed by atoms with van der Waals surface area (Å²) in [6.45, 7) is 4.84. The lowest BCUT2D eigenvalue weighted by Crippen LogP contribution is -2.50. The Labute approximate surface area is 98.4 Å². The summed E-state index contributed by atoms with van der Waals surface area (Å²) in [6, 6.07) is 0.165. The second-order valence-corrected chi connectivity index (χ2v) is 7.02. The van der Waals surface area contributed by atoms with Crippen LogP contribution in [0.15, 0.2) is 0 Å². The zero-order valence-electron chi connectivity index (χ0n) is 9.98. The van der Waals surface area contributed by atoms with E-state index in [9.17, 15) is 8.42 Å².